The third-order valence-electron chi connectivity index (χ3n) is 2.55. The number of anilines is 1. The van der Waals surface area contributed by atoms with Crippen LogP contribution in [0.3, 0.4) is 0 Å². The topological polar surface area (TPSA) is 97.1 Å². The summed E-state index contributed by atoms with van der Waals surface area (Å²) in [5.41, 5.74) is 5.33. The molecule has 88 valence electrons. The van der Waals surface area contributed by atoms with Gasteiger partial charge in [-0.15, -0.1) is 5.10 Å². The van der Waals surface area contributed by atoms with Crippen molar-refractivity contribution in [1.29, 1.82) is 0 Å². The van der Waals surface area contributed by atoms with E-state index in [2.05, 4.69) is 15.2 Å². The van der Waals surface area contributed by atoms with E-state index in [4.69, 9.17) is 10.5 Å². The molecule has 7 heteroatoms. The maximum atomic E-state index is 11.8. The van der Waals surface area contributed by atoms with Gasteiger partial charge in [-0.3, -0.25) is 9.89 Å². The zero-order chi connectivity index (χ0) is 11.5. The number of nitrogens with zero attached hydrogens (tertiary/aromatic N) is 3. The van der Waals surface area contributed by atoms with Crippen LogP contribution in [0.5, 0.6) is 0 Å². The molecule has 0 saturated carbocycles. The van der Waals surface area contributed by atoms with Crippen LogP contribution in [-0.2, 0) is 4.74 Å². The largest absolute Gasteiger partial charge is 0.376 e. The number of nitrogens with one attached hydrogen (secondary N) is 1. The molecule has 1 atom stereocenters. The molecule has 0 aromatic carbocycles. The molecule has 1 aromatic rings. The maximum Gasteiger partial charge on any atom is 0.291 e. The first-order valence-electron chi connectivity index (χ1n) is 5.22. The number of H-pyrrole nitrogens is 1. The lowest BCUT2D eigenvalue weighted by molar-refractivity contribution is 0.0578. The molecule has 0 bridgehead atoms. The van der Waals surface area contributed by atoms with Gasteiger partial charge in [-0.05, 0) is 12.8 Å². The molecule has 2 rings (SSSR count). The number of ether oxygens (including phenoxy) is 1. The van der Waals surface area contributed by atoms with Crippen molar-refractivity contribution in [3.8, 4) is 0 Å². The fourth-order valence-corrected chi connectivity index (χ4v) is 1.73. The van der Waals surface area contributed by atoms with Gasteiger partial charge < -0.3 is 15.4 Å². The van der Waals surface area contributed by atoms with Crippen molar-refractivity contribution >= 4 is 11.9 Å². The fraction of sp³-hybridized carbons (Fsp3) is 0.667. The number of rotatable bonds is 3. The first kappa shape index (κ1) is 10.9. The van der Waals surface area contributed by atoms with Gasteiger partial charge in [-0.25, -0.2) is 0 Å². The number of hydrogen-bond acceptors (Lipinski definition) is 5. The lowest BCUT2D eigenvalue weighted by Gasteiger charge is -2.19. The Morgan fingerprint density at radius 2 is 2.56 bits per heavy atom. The number of amides is 1. The Bertz CT molecular complexity index is 372. The Hall–Kier alpha value is -1.63. The summed E-state index contributed by atoms with van der Waals surface area (Å²) in [7, 11) is 1.71. The zero-order valence-corrected chi connectivity index (χ0v) is 9.14. The quantitative estimate of drug-likeness (QED) is 0.732. The Morgan fingerprint density at radius 3 is 3.12 bits per heavy atom. The summed E-state index contributed by atoms with van der Waals surface area (Å²) in [5.74, 6) is 0.0200. The van der Waals surface area contributed by atoms with Crippen molar-refractivity contribution in [2.45, 2.75) is 18.9 Å². The predicted octanol–water partition coefficient (Wildman–Crippen LogP) is -0.362. The minimum absolute atomic E-state index is 0.0777. The Morgan fingerprint density at radius 1 is 1.75 bits per heavy atom. The van der Waals surface area contributed by atoms with Gasteiger partial charge in [-0.1, -0.05) is 0 Å². The van der Waals surface area contributed by atoms with E-state index in [1.807, 2.05) is 0 Å². The van der Waals surface area contributed by atoms with Crippen LogP contribution >= 0.6 is 0 Å². The first-order chi connectivity index (χ1) is 7.66. The lowest BCUT2D eigenvalue weighted by atomic mass is 10.2. The van der Waals surface area contributed by atoms with Crippen molar-refractivity contribution in [1.82, 2.24) is 20.1 Å². The number of likely N-dealkylation sites (N-methyl/N-ethyl adjacent to an activating group) is 1. The third-order valence-corrected chi connectivity index (χ3v) is 2.55. The Labute approximate surface area is 93.0 Å². The molecule has 1 unspecified atom stereocenters. The molecular weight excluding hydrogens is 210 g/mol. The molecule has 0 spiro atoms. The minimum atomic E-state index is -0.222. The number of hydrogen-bond donors (Lipinski definition) is 2. The van der Waals surface area contributed by atoms with E-state index in [0.717, 1.165) is 19.4 Å². The number of carbonyl (C=O) groups excluding carboxylic acids is 1. The van der Waals surface area contributed by atoms with Crippen LogP contribution in [0.25, 0.3) is 0 Å². The zero-order valence-electron chi connectivity index (χ0n) is 9.14. The molecule has 1 fully saturated rings. The number of carbonyl (C=O) groups is 1. The highest BCUT2D eigenvalue weighted by atomic mass is 16.5. The van der Waals surface area contributed by atoms with Crippen LogP contribution in [0.1, 0.15) is 23.5 Å². The van der Waals surface area contributed by atoms with Gasteiger partial charge in [-0.2, -0.15) is 4.98 Å². The maximum absolute atomic E-state index is 11.8. The van der Waals surface area contributed by atoms with E-state index in [0.29, 0.717) is 6.54 Å². The van der Waals surface area contributed by atoms with E-state index < -0.39 is 0 Å². The van der Waals surface area contributed by atoms with Crippen molar-refractivity contribution in [2.24, 2.45) is 0 Å². The molecule has 1 aliphatic heterocycles. The molecule has 0 aliphatic carbocycles. The minimum Gasteiger partial charge on any atom is -0.376 e. The van der Waals surface area contributed by atoms with Gasteiger partial charge in [0.05, 0.1) is 6.10 Å². The summed E-state index contributed by atoms with van der Waals surface area (Å²) in [5, 5.41) is 6.11. The van der Waals surface area contributed by atoms with Gasteiger partial charge >= 0.3 is 0 Å². The van der Waals surface area contributed by atoms with Gasteiger partial charge in [0.1, 0.15) is 0 Å². The molecule has 1 saturated heterocycles. The monoisotopic (exact) mass is 225 g/mol. The first-order valence-corrected chi connectivity index (χ1v) is 5.22. The highest BCUT2D eigenvalue weighted by Gasteiger charge is 2.22. The SMILES string of the molecule is CN(CC1CCCO1)C(=O)c1nc(N)n[nH]1. The Balaban J connectivity index is 1.93. The molecule has 7 nitrogen and oxygen atoms in total. The van der Waals surface area contributed by atoms with E-state index in [1.54, 1.807) is 11.9 Å². The van der Waals surface area contributed by atoms with Crippen molar-refractivity contribution < 1.29 is 9.53 Å². The predicted molar refractivity (Wildman–Crippen MR) is 56.7 cm³/mol. The molecule has 1 aromatic heterocycles. The van der Waals surface area contributed by atoms with E-state index in [-0.39, 0.29) is 23.8 Å². The second kappa shape index (κ2) is 4.48. The second-order valence-electron chi connectivity index (χ2n) is 3.86. The average molecular weight is 225 g/mol. The van der Waals surface area contributed by atoms with Crippen LogP contribution in [0.4, 0.5) is 5.95 Å². The van der Waals surface area contributed by atoms with Crippen molar-refractivity contribution in [3.05, 3.63) is 5.82 Å². The summed E-state index contributed by atoms with van der Waals surface area (Å²) in [4.78, 5) is 17.2. The third kappa shape index (κ3) is 2.30. The summed E-state index contributed by atoms with van der Waals surface area (Å²) >= 11 is 0. The number of nitrogen functional groups attached to an aromatic ring is 1. The lowest BCUT2D eigenvalue weighted by Crippen LogP contribution is -2.34. The number of aromatic nitrogens is 3. The van der Waals surface area contributed by atoms with Crippen LogP contribution in [0.15, 0.2) is 0 Å². The van der Waals surface area contributed by atoms with Crippen LogP contribution in [0, 0.1) is 0 Å². The number of nitrogens with two attached hydrogens (primary N) is 1. The summed E-state index contributed by atoms with van der Waals surface area (Å²) < 4.78 is 5.45. The van der Waals surface area contributed by atoms with E-state index >= 15 is 0 Å². The van der Waals surface area contributed by atoms with Crippen LogP contribution < -0.4 is 5.73 Å². The normalized spacial score (nSPS) is 19.9. The standard InChI is InChI=1S/C9H15N5O2/c1-14(5-6-3-2-4-16-6)8(15)7-11-9(10)13-12-7/h6H,2-5H2,1H3,(H3,10,11,12,13). The second-order valence-corrected chi connectivity index (χ2v) is 3.86. The van der Waals surface area contributed by atoms with E-state index in [9.17, 15) is 4.79 Å². The smallest absolute Gasteiger partial charge is 0.291 e. The molecule has 1 aliphatic rings. The van der Waals surface area contributed by atoms with Gasteiger partial charge in [0.15, 0.2) is 0 Å². The molecule has 16 heavy (non-hydrogen) atoms. The summed E-state index contributed by atoms with van der Waals surface area (Å²) in [6.07, 6.45) is 2.19. The number of aromatic amines is 1. The van der Waals surface area contributed by atoms with Crippen molar-refractivity contribution in [2.75, 3.05) is 25.9 Å². The fourth-order valence-electron chi connectivity index (χ4n) is 1.73. The van der Waals surface area contributed by atoms with E-state index in [1.165, 1.54) is 0 Å². The van der Waals surface area contributed by atoms with Gasteiger partial charge in [0.25, 0.3) is 5.91 Å². The highest BCUT2D eigenvalue weighted by molar-refractivity contribution is 5.90. The van der Waals surface area contributed by atoms with Crippen molar-refractivity contribution in [3.63, 3.8) is 0 Å². The summed E-state index contributed by atoms with van der Waals surface area (Å²) in [6.45, 7) is 1.35. The van der Waals surface area contributed by atoms with Gasteiger partial charge in [0, 0.05) is 20.2 Å². The van der Waals surface area contributed by atoms with Gasteiger partial charge in [0.2, 0.25) is 11.8 Å². The van der Waals surface area contributed by atoms with Crippen LogP contribution in [-0.4, -0.2) is 52.3 Å². The molecular formula is C9H15N5O2. The molecule has 0 radical (unpaired) electrons. The molecule has 1 amide bonds. The summed E-state index contributed by atoms with van der Waals surface area (Å²) in [6, 6.07) is 0. The molecule has 3 N–H and O–H groups in total. The average Bonchev–Trinajstić information content (AvgIpc) is 2.88. The Kier molecular flexibility index (Phi) is 3.04. The highest BCUT2D eigenvalue weighted by Crippen LogP contribution is 2.13. The van der Waals surface area contributed by atoms with Crippen LogP contribution in [0.2, 0.25) is 0 Å². The molecule has 2 heterocycles.